The minimum absolute atomic E-state index is 0.132. The zero-order chi connectivity index (χ0) is 12.1. The van der Waals surface area contributed by atoms with Crippen molar-refractivity contribution in [1.82, 2.24) is 0 Å². The third-order valence-corrected chi connectivity index (χ3v) is 2.97. The first-order valence-corrected chi connectivity index (χ1v) is 6.44. The summed E-state index contributed by atoms with van der Waals surface area (Å²) < 4.78 is 26.6. The van der Waals surface area contributed by atoms with E-state index >= 15 is 0 Å². The van der Waals surface area contributed by atoms with Crippen molar-refractivity contribution < 1.29 is 22.9 Å². The Bertz CT molecular complexity index is 235. The number of rotatable bonds is 6. The molecule has 0 heterocycles. The van der Waals surface area contributed by atoms with E-state index in [1.54, 1.807) is 34.6 Å². The number of carbonyl (C=O) groups excluding carboxylic acids is 1. The van der Waals surface area contributed by atoms with Gasteiger partial charge in [0.25, 0.3) is 0 Å². The Hall–Kier alpha value is -0.380. The van der Waals surface area contributed by atoms with Gasteiger partial charge in [0.05, 0.1) is 12.2 Å². The summed E-state index contributed by atoms with van der Waals surface area (Å²) in [4.78, 5) is 11.0. The van der Waals surface area contributed by atoms with Crippen molar-refractivity contribution in [3.8, 4) is 0 Å². The molecule has 0 aliphatic carbocycles. The van der Waals surface area contributed by atoms with Gasteiger partial charge in [-0.2, -0.15) is 0 Å². The van der Waals surface area contributed by atoms with Crippen molar-refractivity contribution in [2.24, 2.45) is 0 Å². The van der Waals surface area contributed by atoms with Gasteiger partial charge in [-0.15, -0.1) is 0 Å². The molecule has 0 N–H and O–H groups in total. The first-order valence-electron chi connectivity index (χ1n) is 4.98. The van der Waals surface area contributed by atoms with Gasteiger partial charge >= 0.3 is 13.8 Å². The van der Waals surface area contributed by atoms with Crippen molar-refractivity contribution in [2.45, 2.75) is 53.2 Å². The third kappa shape index (κ3) is 6.66. The fourth-order valence-corrected chi connectivity index (χ4v) is 2.32. The van der Waals surface area contributed by atoms with Crippen LogP contribution in [0.3, 0.4) is 0 Å². The maximum absolute atomic E-state index is 11.9. The van der Waals surface area contributed by atoms with Gasteiger partial charge in [-0.3, -0.25) is 13.8 Å². The van der Waals surface area contributed by atoms with Crippen molar-refractivity contribution in [3.63, 3.8) is 0 Å². The lowest BCUT2D eigenvalue weighted by molar-refractivity contribution is -0.136. The van der Waals surface area contributed by atoms with Crippen molar-refractivity contribution >= 4 is 13.8 Å². The van der Waals surface area contributed by atoms with Gasteiger partial charge in [-0.05, 0) is 27.7 Å². The van der Waals surface area contributed by atoms with E-state index in [0.717, 1.165) is 0 Å². The zero-order valence-corrected chi connectivity index (χ0v) is 10.7. The predicted octanol–water partition coefficient (Wildman–Crippen LogP) is 2.90. The second-order valence-electron chi connectivity index (χ2n) is 3.57. The van der Waals surface area contributed by atoms with Gasteiger partial charge in [0.1, 0.15) is 0 Å². The summed E-state index contributed by atoms with van der Waals surface area (Å²) in [5, 5.41) is 0. The van der Waals surface area contributed by atoms with E-state index in [9.17, 15) is 9.36 Å². The van der Waals surface area contributed by atoms with Crippen LogP contribution in [0.1, 0.15) is 41.0 Å². The second kappa shape index (κ2) is 6.26. The minimum atomic E-state index is -3.75. The lowest BCUT2D eigenvalue weighted by atomic mass is 10.5. The maximum atomic E-state index is 11.9. The third-order valence-electron chi connectivity index (χ3n) is 1.18. The van der Waals surface area contributed by atoms with Crippen LogP contribution in [-0.2, 0) is 22.9 Å². The SMILES string of the molecule is CCC(=O)OP(=O)(OC(C)C)OC(C)C. The highest BCUT2D eigenvalue weighted by atomic mass is 31.2. The van der Waals surface area contributed by atoms with E-state index in [-0.39, 0.29) is 18.6 Å². The molecule has 15 heavy (non-hydrogen) atoms. The average molecular weight is 238 g/mol. The van der Waals surface area contributed by atoms with Crippen LogP contribution in [0.15, 0.2) is 0 Å². The van der Waals surface area contributed by atoms with Crippen LogP contribution in [0, 0.1) is 0 Å². The molecule has 0 amide bonds. The molecule has 0 bridgehead atoms. The Morgan fingerprint density at radius 3 is 1.80 bits per heavy atom. The molecule has 0 aromatic heterocycles. The summed E-state index contributed by atoms with van der Waals surface area (Å²) in [6.07, 6.45) is -0.536. The molecule has 90 valence electrons. The quantitative estimate of drug-likeness (QED) is 0.666. The largest absolute Gasteiger partial charge is 0.532 e. The van der Waals surface area contributed by atoms with Crippen LogP contribution in [-0.4, -0.2) is 18.2 Å². The summed E-state index contributed by atoms with van der Waals surface area (Å²) in [5.41, 5.74) is 0. The highest BCUT2D eigenvalue weighted by molar-refractivity contribution is 7.49. The van der Waals surface area contributed by atoms with E-state index in [1.807, 2.05) is 0 Å². The molecule has 0 saturated heterocycles. The van der Waals surface area contributed by atoms with E-state index in [4.69, 9.17) is 9.05 Å². The van der Waals surface area contributed by atoms with E-state index < -0.39 is 13.8 Å². The Labute approximate surface area is 90.7 Å². The van der Waals surface area contributed by atoms with Crippen LogP contribution in [0.5, 0.6) is 0 Å². The maximum Gasteiger partial charge on any atom is 0.532 e. The number of phosphoric acid groups is 1. The Morgan fingerprint density at radius 2 is 1.53 bits per heavy atom. The van der Waals surface area contributed by atoms with Gasteiger partial charge in [0, 0.05) is 6.42 Å². The fraction of sp³-hybridized carbons (Fsp3) is 0.889. The monoisotopic (exact) mass is 238 g/mol. The fourth-order valence-electron chi connectivity index (χ4n) is 0.774. The Kier molecular flexibility index (Phi) is 6.10. The first-order chi connectivity index (χ1) is 6.79. The molecule has 0 saturated carbocycles. The lowest BCUT2D eigenvalue weighted by Gasteiger charge is -2.20. The van der Waals surface area contributed by atoms with Crippen LogP contribution in [0.4, 0.5) is 0 Å². The van der Waals surface area contributed by atoms with Crippen LogP contribution in [0.25, 0.3) is 0 Å². The Morgan fingerprint density at radius 1 is 1.13 bits per heavy atom. The molecule has 0 aromatic carbocycles. The second-order valence-corrected chi connectivity index (χ2v) is 5.07. The molecule has 0 unspecified atom stereocenters. The van der Waals surface area contributed by atoms with Crippen molar-refractivity contribution in [2.75, 3.05) is 0 Å². The van der Waals surface area contributed by atoms with Gasteiger partial charge in [0.15, 0.2) is 0 Å². The zero-order valence-electron chi connectivity index (χ0n) is 9.85. The Balaban J connectivity index is 4.55. The van der Waals surface area contributed by atoms with Gasteiger partial charge in [0.2, 0.25) is 0 Å². The molecule has 0 fully saturated rings. The molecule has 0 rings (SSSR count). The molecule has 0 aliphatic heterocycles. The molecule has 0 aliphatic rings. The van der Waals surface area contributed by atoms with E-state index in [0.29, 0.717) is 0 Å². The highest BCUT2D eigenvalue weighted by Gasteiger charge is 2.33. The van der Waals surface area contributed by atoms with Gasteiger partial charge < -0.3 is 4.52 Å². The molecule has 5 nitrogen and oxygen atoms in total. The summed E-state index contributed by atoms with van der Waals surface area (Å²) in [5.74, 6) is -0.598. The molecule has 0 aromatic rings. The van der Waals surface area contributed by atoms with Crippen LogP contribution < -0.4 is 0 Å². The lowest BCUT2D eigenvalue weighted by Crippen LogP contribution is -2.12. The van der Waals surface area contributed by atoms with Gasteiger partial charge in [-0.1, -0.05) is 6.92 Å². The van der Waals surface area contributed by atoms with E-state index in [1.165, 1.54) is 0 Å². The summed E-state index contributed by atoms with van der Waals surface area (Å²) in [6.45, 7) is 8.37. The molecular formula is C9H19O5P. The number of hydrogen-bond acceptors (Lipinski definition) is 5. The van der Waals surface area contributed by atoms with E-state index in [2.05, 4.69) is 4.52 Å². The normalized spacial score (nSPS) is 12.2. The number of phosphoric ester groups is 1. The molecule has 6 heteroatoms. The smallest absolute Gasteiger partial charge is 0.370 e. The number of carbonyl (C=O) groups is 1. The standard InChI is InChI=1S/C9H19O5P/c1-6-9(10)14-15(11,12-7(2)3)13-8(4)5/h7-8H,6H2,1-5H3. The average Bonchev–Trinajstić information content (AvgIpc) is 1.99. The van der Waals surface area contributed by atoms with Gasteiger partial charge in [-0.25, -0.2) is 4.57 Å². The summed E-state index contributed by atoms with van der Waals surface area (Å²) in [7, 11) is -3.75. The highest BCUT2D eigenvalue weighted by Crippen LogP contribution is 2.51. The summed E-state index contributed by atoms with van der Waals surface area (Å²) in [6, 6.07) is 0. The molecule has 0 radical (unpaired) electrons. The van der Waals surface area contributed by atoms with Crippen molar-refractivity contribution in [3.05, 3.63) is 0 Å². The van der Waals surface area contributed by atoms with Crippen LogP contribution in [0.2, 0.25) is 0 Å². The van der Waals surface area contributed by atoms with Crippen molar-refractivity contribution in [1.29, 1.82) is 0 Å². The molecule has 0 spiro atoms. The first kappa shape index (κ1) is 14.6. The predicted molar refractivity (Wildman–Crippen MR) is 56.4 cm³/mol. The minimum Gasteiger partial charge on any atom is -0.370 e. The topological polar surface area (TPSA) is 61.8 Å². The molecular weight excluding hydrogens is 219 g/mol. The molecule has 0 atom stereocenters. The number of hydrogen-bond donors (Lipinski definition) is 0. The van der Waals surface area contributed by atoms with Crippen LogP contribution >= 0.6 is 7.82 Å². The summed E-state index contributed by atoms with van der Waals surface area (Å²) >= 11 is 0.